The molecule has 25 heavy (non-hydrogen) atoms. The number of ether oxygens (including phenoxy) is 1. The topological polar surface area (TPSA) is 89.9 Å². The van der Waals surface area contributed by atoms with Crippen molar-refractivity contribution >= 4 is 23.1 Å². The second-order valence-electron chi connectivity index (χ2n) is 5.23. The Balaban J connectivity index is 1.84. The largest absolute Gasteiger partial charge is 0.421 e. The van der Waals surface area contributed by atoms with Gasteiger partial charge in [0.25, 0.3) is 5.91 Å². The predicted molar refractivity (Wildman–Crippen MR) is 90.6 cm³/mol. The monoisotopic (exact) mass is 359 g/mol. The maximum absolute atomic E-state index is 13.7. The molecule has 2 heterocycles. The van der Waals surface area contributed by atoms with E-state index in [1.807, 2.05) is 0 Å². The smallest absolute Gasteiger partial charge is 0.322 e. The number of aryl methyl sites for hydroxylation is 3. The minimum Gasteiger partial charge on any atom is -0.421 e. The van der Waals surface area contributed by atoms with E-state index in [2.05, 4.69) is 24.9 Å². The maximum Gasteiger partial charge on any atom is 0.322 e. The molecule has 9 heteroatoms. The van der Waals surface area contributed by atoms with Gasteiger partial charge in [-0.15, -0.1) is 5.10 Å². The Morgan fingerprint density at radius 3 is 2.40 bits per heavy atom. The first kappa shape index (κ1) is 16.9. The van der Waals surface area contributed by atoms with Crippen LogP contribution in [0.2, 0.25) is 0 Å². The fourth-order valence-electron chi connectivity index (χ4n) is 2.15. The van der Waals surface area contributed by atoms with Crippen LogP contribution in [0.25, 0.3) is 0 Å². The van der Waals surface area contributed by atoms with Crippen molar-refractivity contribution in [2.75, 3.05) is 5.32 Å². The van der Waals surface area contributed by atoms with Gasteiger partial charge in [0.2, 0.25) is 0 Å². The van der Waals surface area contributed by atoms with Crippen LogP contribution in [-0.4, -0.2) is 25.5 Å². The molecule has 0 fully saturated rings. The number of amides is 1. The van der Waals surface area contributed by atoms with Gasteiger partial charge < -0.3 is 10.1 Å². The Hall–Kier alpha value is -2.94. The van der Waals surface area contributed by atoms with E-state index in [-0.39, 0.29) is 17.7 Å². The van der Waals surface area contributed by atoms with Crippen LogP contribution in [0.5, 0.6) is 11.8 Å². The fraction of sp³-hybridized carbons (Fsp3) is 0.188. The molecular weight excluding hydrogens is 345 g/mol. The first-order valence-electron chi connectivity index (χ1n) is 7.33. The summed E-state index contributed by atoms with van der Waals surface area (Å²) in [6.07, 6.45) is 0. The number of nitrogens with one attached hydrogen (secondary N) is 1. The normalized spacial score (nSPS) is 10.6. The number of carbonyl (C=O) groups is 1. The molecule has 3 rings (SSSR count). The zero-order valence-corrected chi connectivity index (χ0v) is 14.5. The first-order valence-corrected chi connectivity index (χ1v) is 8.11. The van der Waals surface area contributed by atoms with E-state index >= 15 is 0 Å². The van der Waals surface area contributed by atoms with Gasteiger partial charge in [0.1, 0.15) is 4.88 Å². The van der Waals surface area contributed by atoms with Crippen LogP contribution in [0, 0.1) is 26.6 Å². The van der Waals surface area contributed by atoms with Crippen LogP contribution in [0.1, 0.15) is 26.8 Å². The Morgan fingerprint density at radius 1 is 1.12 bits per heavy atom. The molecule has 0 bridgehead atoms. The molecule has 0 radical (unpaired) electrons. The summed E-state index contributed by atoms with van der Waals surface area (Å²) in [6.45, 7) is 5.12. The van der Waals surface area contributed by atoms with Gasteiger partial charge in [0.15, 0.2) is 11.6 Å². The number of para-hydroxylation sites is 1. The highest BCUT2D eigenvalue weighted by atomic mass is 32.1. The molecule has 0 aliphatic rings. The van der Waals surface area contributed by atoms with Crippen molar-refractivity contribution in [2.24, 2.45) is 0 Å². The lowest BCUT2D eigenvalue weighted by atomic mass is 10.2. The van der Waals surface area contributed by atoms with Gasteiger partial charge in [0, 0.05) is 0 Å². The SMILES string of the molecule is Cc1nnsc1C(=O)Nc1c(C)nc(Oc2ccccc2F)nc1C. The molecule has 0 saturated heterocycles. The number of hydrogen-bond acceptors (Lipinski definition) is 7. The van der Waals surface area contributed by atoms with Gasteiger partial charge in [0.05, 0.1) is 22.8 Å². The minimum atomic E-state index is -0.507. The molecule has 128 valence electrons. The van der Waals surface area contributed by atoms with Gasteiger partial charge in [-0.05, 0) is 44.4 Å². The summed E-state index contributed by atoms with van der Waals surface area (Å²) in [5.74, 6) is -0.804. The van der Waals surface area contributed by atoms with Gasteiger partial charge in [-0.1, -0.05) is 16.6 Å². The molecule has 2 aromatic heterocycles. The summed E-state index contributed by atoms with van der Waals surface area (Å²) < 4.78 is 22.8. The number of anilines is 1. The maximum atomic E-state index is 13.7. The molecular formula is C16H14FN5O2S. The number of halogens is 1. The van der Waals surface area contributed by atoms with Crippen LogP contribution in [0.4, 0.5) is 10.1 Å². The Bertz CT molecular complexity index is 921. The predicted octanol–water partition coefficient (Wildman–Crippen LogP) is 3.44. The molecule has 0 spiro atoms. The van der Waals surface area contributed by atoms with Crippen molar-refractivity contribution in [3.8, 4) is 11.8 Å². The van der Waals surface area contributed by atoms with Crippen molar-refractivity contribution in [3.63, 3.8) is 0 Å². The van der Waals surface area contributed by atoms with Crippen LogP contribution in [0.15, 0.2) is 24.3 Å². The highest BCUT2D eigenvalue weighted by Crippen LogP contribution is 2.25. The Labute approximate surface area is 147 Å². The lowest BCUT2D eigenvalue weighted by Gasteiger charge is -2.12. The third kappa shape index (κ3) is 3.61. The lowest BCUT2D eigenvalue weighted by Crippen LogP contribution is -2.15. The van der Waals surface area contributed by atoms with Gasteiger partial charge in [-0.25, -0.2) is 4.39 Å². The molecule has 0 saturated carbocycles. The molecule has 1 aromatic carbocycles. The molecule has 1 N–H and O–H groups in total. The van der Waals surface area contributed by atoms with Crippen LogP contribution >= 0.6 is 11.5 Å². The van der Waals surface area contributed by atoms with Crippen molar-refractivity contribution < 1.29 is 13.9 Å². The highest BCUT2D eigenvalue weighted by molar-refractivity contribution is 7.08. The molecule has 1 amide bonds. The second-order valence-corrected chi connectivity index (χ2v) is 5.98. The van der Waals surface area contributed by atoms with E-state index in [1.54, 1.807) is 32.9 Å². The Kier molecular flexibility index (Phi) is 4.66. The lowest BCUT2D eigenvalue weighted by molar-refractivity contribution is 0.102. The second kappa shape index (κ2) is 6.89. The Morgan fingerprint density at radius 2 is 1.80 bits per heavy atom. The average Bonchev–Trinajstić information content (AvgIpc) is 2.99. The van der Waals surface area contributed by atoms with E-state index in [4.69, 9.17) is 4.74 Å². The zero-order chi connectivity index (χ0) is 18.0. The van der Waals surface area contributed by atoms with Crippen molar-refractivity contribution in [2.45, 2.75) is 20.8 Å². The summed E-state index contributed by atoms with van der Waals surface area (Å²) in [5, 5.41) is 6.58. The number of hydrogen-bond donors (Lipinski definition) is 1. The van der Waals surface area contributed by atoms with Crippen molar-refractivity contribution in [3.05, 3.63) is 52.0 Å². The highest BCUT2D eigenvalue weighted by Gasteiger charge is 2.18. The summed E-state index contributed by atoms with van der Waals surface area (Å²) in [6, 6.07) is 5.99. The van der Waals surface area contributed by atoms with E-state index in [0.29, 0.717) is 27.6 Å². The van der Waals surface area contributed by atoms with Crippen LogP contribution in [-0.2, 0) is 0 Å². The zero-order valence-electron chi connectivity index (χ0n) is 13.7. The summed E-state index contributed by atoms with van der Waals surface area (Å²) >= 11 is 1.01. The van der Waals surface area contributed by atoms with Gasteiger partial charge in [-0.3, -0.25) is 4.79 Å². The molecule has 0 unspecified atom stereocenters. The quantitative estimate of drug-likeness (QED) is 0.767. The third-order valence-electron chi connectivity index (χ3n) is 3.38. The van der Waals surface area contributed by atoms with Crippen molar-refractivity contribution in [1.82, 2.24) is 19.6 Å². The van der Waals surface area contributed by atoms with Gasteiger partial charge in [-0.2, -0.15) is 9.97 Å². The molecule has 0 atom stereocenters. The van der Waals surface area contributed by atoms with E-state index < -0.39 is 5.82 Å². The van der Waals surface area contributed by atoms with E-state index in [0.717, 1.165) is 11.5 Å². The fourth-order valence-corrected chi connectivity index (χ4v) is 2.70. The summed E-state index contributed by atoms with van der Waals surface area (Å²) in [4.78, 5) is 21.1. The van der Waals surface area contributed by atoms with Crippen molar-refractivity contribution in [1.29, 1.82) is 0 Å². The number of nitrogens with zero attached hydrogens (tertiary/aromatic N) is 4. The number of benzene rings is 1. The molecule has 0 aliphatic heterocycles. The number of rotatable bonds is 4. The van der Waals surface area contributed by atoms with E-state index in [9.17, 15) is 9.18 Å². The third-order valence-corrected chi connectivity index (χ3v) is 4.21. The van der Waals surface area contributed by atoms with E-state index in [1.165, 1.54) is 12.1 Å². The minimum absolute atomic E-state index is 0.00809. The summed E-state index contributed by atoms with van der Waals surface area (Å²) in [7, 11) is 0. The van der Waals surface area contributed by atoms with Gasteiger partial charge >= 0.3 is 6.01 Å². The number of aromatic nitrogens is 4. The summed E-state index contributed by atoms with van der Waals surface area (Å²) in [5.41, 5.74) is 2.03. The average molecular weight is 359 g/mol. The molecule has 3 aromatic rings. The van der Waals surface area contributed by atoms with Crippen LogP contribution in [0.3, 0.4) is 0 Å². The standard InChI is InChI=1S/C16H14FN5O2S/c1-8-13(20-15(23)14-10(3)21-22-25-14)9(2)19-16(18-8)24-12-7-5-4-6-11(12)17/h4-7H,1-3H3,(H,20,23). The first-order chi connectivity index (χ1) is 12.0. The number of carbonyl (C=O) groups excluding carboxylic acids is 1. The molecule has 7 nitrogen and oxygen atoms in total. The molecule has 0 aliphatic carbocycles. The van der Waals surface area contributed by atoms with Crippen LogP contribution < -0.4 is 10.1 Å².